The normalized spacial score (nSPS) is 10.8. The van der Waals surface area contributed by atoms with Crippen LogP contribution in [0.25, 0.3) is 0 Å². The van der Waals surface area contributed by atoms with Gasteiger partial charge in [-0.15, -0.1) is 13.2 Å². The van der Waals surface area contributed by atoms with Gasteiger partial charge in [0.1, 0.15) is 11.8 Å². The molecule has 2 aromatic carbocycles. The van der Waals surface area contributed by atoms with Gasteiger partial charge in [-0.25, -0.2) is 0 Å². The standard InChI is InChI=1S/C15H11F3N2O/c1-10-2-3-11(9-19)14(8-10)20-12-4-6-13(7-5-12)21-15(16,17)18/h2-8,20H,1H3. The van der Waals surface area contributed by atoms with E-state index in [0.717, 1.165) is 5.56 Å². The van der Waals surface area contributed by atoms with Crippen LogP contribution in [0.5, 0.6) is 5.75 Å². The molecule has 0 amide bonds. The van der Waals surface area contributed by atoms with Crippen molar-refractivity contribution in [2.24, 2.45) is 0 Å². The molecule has 3 nitrogen and oxygen atoms in total. The second-order valence-electron chi connectivity index (χ2n) is 4.36. The van der Waals surface area contributed by atoms with E-state index in [4.69, 9.17) is 5.26 Å². The lowest BCUT2D eigenvalue weighted by molar-refractivity contribution is -0.274. The zero-order valence-electron chi connectivity index (χ0n) is 11.0. The number of hydrogen-bond donors (Lipinski definition) is 1. The van der Waals surface area contributed by atoms with E-state index in [9.17, 15) is 13.2 Å². The van der Waals surface area contributed by atoms with Crippen LogP contribution in [-0.2, 0) is 0 Å². The van der Waals surface area contributed by atoms with Crippen molar-refractivity contribution in [2.45, 2.75) is 13.3 Å². The van der Waals surface area contributed by atoms with Gasteiger partial charge in [-0.1, -0.05) is 6.07 Å². The average molecular weight is 292 g/mol. The maximum Gasteiger partial charge on any atom is 0.573 e. The van der Waals surface area contributed by atoms with Crippen molar-refractivity contribution in [1.82, 2.24) is 0 Å². The summed E-state index contributed by atoms with van der Waals surface area (Å²) in [7, 11) is 0. The van der Waals surface area contributed by atoms with Gasteiger partial charge in [-0.2, -0.15) is 5.26 Å². The summed E-state index contributed by atoms with van der Waals surface area (Å²) in [5, 5.41) is 12.0. The molecule has 0 bridgehead atoms. The van der Waals surface area contributed by atoms with Crippen molar-refractivity contribution in [3.8, 4) is 11.8 Å². The van der Waals surface area contributed by atoms with Crippen molar-refractivity contribution in [3.05, 3.63) is 53.6 Å². The number of alkyl halides is 3. The smallest absolute Gasteiger partial charge is 0.406 e. The third-order valence-electron chi connectivity index (χ3n) is 2.66. The Balaban J connectivity index is 2.18. The van der Waals surface area contributed by atoms with E-state index in [0.29, 0.717) is 16.9 Å². The van der Waals surface area contributed by atoms with Crippen LogP contribution in [0.3, 0.4) is 0 Å². The Morgan fingerprint density at radius 3 is 2.33 bits per heavy atom. The minimum Gasteiger partial charge on any atom is -0.406 e. The molecule has 0 spiro atoms. The predicted octanol–water partition coefficient (Wildman–Crippen LogP) is 4.51. The fraction of sp³-hybridized carbons (Fsp3) is 0.133. The number of anilines is 2. The second-order valence-corrected chi connectivity index (χ2v) is 4.36. The van der Waals surface area contributed by atoms with Crippen LogP contribution in [0.2, 0.25) is 0 Å². The number of benzene rings is 2. The van der Waals surface area contributed by atoms with Crippen molar-refractivity contribution < 1.29 is 17.9 Å². The lowest BCUT2D eigenvalue weighted by Crippen LogP contribution is -2.16. The van der Waals surface area contributed by atoms with Gasteiger partial charge in [0.05, 0.1) is 11.3 Å². The van der Waals surface area contributed by atoms with E-state index in [2.05, 4.69) is 10.1 Å². The molecule has 1 N–H and O–H groups in total. The van der Waals surface area contributed by atoms with Crippen molar-refractivity contribution in [2.75, 3.05) is 5.32 Å². The van der Waals surface area contributed by atoms with Crippen molar-refractivity contribution in [1.29, 1.82) is 5.26 Å². The highest BCUT2D eigenvalue weighted by Gasteiger charge is 2.30. The Labute approximate surface area is 119 Å². The summed E-state index contributed by atoms with van der Waals surface area (Å²) < 4.78 is 40.0. The lowest BCUT2D eigenvalue weighted by Gasteiger charge is -2.11. The average Bonchev–Trinajstić information content (AvgIpc) is 2.40. The number of nitrogens with zero attached hydrogens (tertiary/aromatic N) is 1. The largest absolute Gasteiger partial charge is 0.573 e. The summed E-state index contributed by atoms with van der Waals surface area (Å²) >= 11 is 0. The van der Waals surface area contributed by atoms with Crippen molar-refractivity contribution in [3.63, 3.8) is 0 Å². The minimum absolute atomic E-state index is 0.294. The maximum atomic E-state index is 12.1. The molecule has 6 heteroatoms. The maximum absolute atomic E-state index is 12.1. The highest BCUT2D eigenvalue weighted by molar-refractivity contribution is 5.67. The first-order valence-electron chi connectivity index (χ1n) is 6.01. The number of rotatable bonds is 3. The van der Waals surface area contributed by atoms with Crippen LogP contribution in [0, 0.1) is 18.3 Å². The van der Waals surface area contributed by atoms with Gasteiger partial charge in [0.2, 0.25) is 0 Å². The third-order valence-corrected chi connectivity index (χ3v) is 2.66. The summed E-state index contributed by atoms with van der Waals surface area (Å²) in [5.74, 6) is -0.294. The Morgan fingerprint density at radius 1 is 1.10 bits per heavy atom. The molecular formula is C15H11F3N2O. The third kappa shape index (κ3) is 4.14. The van der Waals surface area contributed by atoms with E-state index in [1.54, 1.807) is 12.1 Å². The van der Waals surface area contributed by atoms with E-state index < -0.39 is 6.36 Å². The molecule has 0 aromatic heterocycles. The van der Waals surface area contributed by atoms with Gasteiger partial charge >= 0.3 is 6.36 Å². The van der Waals surface area contributed by atoms with Gasteiger partial charge in [-0.05, 0) is 48.9 Å². The summed E-state index contributed by atoms with van der Waals surface area (Å²) in [6.45, 7) is 1.88. The number of nitrogens with one attached hydrogen (secondary N) is 1. The molecule has 0 fully saturated rings. The number of ether oxygens (including phenoxy) is 1. The van der Waals surface area contributed by atoms with Crippen molar-refractivity contribution >= 4 is 11.4 Å². The van der Waals surface area contributed by atoms with Crippen LogP contribution in [0.4, 0.5) is 24.5 Å². The Hall–Kier alpha value is -2.68. The van der Waals surface area contributed by atoms with Crippen LogP contribution in [-0.4, -0.2) is 6.36 Å². The van der Waals surface area contributed by atoms with Gasteiger partial charge in [-0.3, -0.25) is 0 Å². The molecule has 0 saturated carbocycles. The monoisotopic (exact) mass is 292 g/mol. The predicted molar refractivity (Wildman–Crippen MR) is 72.3 cm³/mol. The van der Waals surface area contributed by atoms with Gasteiger partial charge in [0, 0.05) is 5.69 Å². The highest BCUT2D eigenvalue weighted by atomic mass is 19.4. The molecule has 2 rings (SSSR count). The van der Waals surface area contributed by atoms with Crippen LogP contribution >= 0.6 is 0 Å². The summed E-state index contributed by atoms with van der Waals surface area (Å²) in [5.41, 5.74) is 2.58. The topological polar surface area (TPSA) is 45.0 Å². The number of nitriles is 1. The molecule has 21 heavy (non-hydrogen) atoms. The number of hydrogen-bond acceptors (Lipinski definition) is 3. The lowest BCUT2D eigenvalue weighted by atomic mass is 10.1. The number of halogens is 3. The van der Waals surface area contributed by atoms with Gasteiger partial charge < -0.3 is 10.1 Å². The molecule has 0 radical (unpaired) electrons. The molecule has 0 saturated heterocycles. The van der Waals surface area contributed by atoms with Gasteiger partial charge in [0.15, 0.2) is 0 Å². The zero-order chi connectivity index (χ0) is 15.5. The first-order valence-corrected chi connectivity index (χ1v) is 6.01. The Morgan fingerprint density at radius 2 is 1.76 bits per heavy atom. The fourth-order valence-corrected chi connectivity index (χ4v) is 1.75. The van der Waals surface area contributed by atoms with Crippen LogP contribution < -0.4 is 10.1 Å². The van der Waals surface area contributed by atoms with Gasteiger partial charge in [0.25, 0.3) is 0 Å². The first kappa shape index (κ1) is 14.7. The fourth-order valence-electron chi connectivity index (χ4n) is 1.75. The summed E-state index contributed by atoms with van der Waals surface area (Å²) in [6, 6.07) is 12.6. The Kier molecular flexibility index (Phi) is 4.03. The zero-order valence-corrected chi connectivity index (χ0v) is 11.0. The molecule has 0 aliphatic heterocycles. The molecule has 0 atom stereocenters. The molecule has 2 aromatic rings. The molecule has 108 valence electrons. The quantitative estimate of drug-likeness (QED) is 0.905. The van der Waals surface area contributed by atoms with E-state index >= 15 is 0 Å². The summed E-state index contributed by atoms with van der Waals surface area (Å²) in [6.07, 6.45) is -4.71. The number of aryl methyl sites for hydroxylation is 1. The van der Waals surface area contributed by atoms with E-state index in [1.165, 1.54) is 24.3 Å². The Bertz CT molecular complexity index is 673. The molecule has 0 aliphatic carbocycles. The molecular weight excluding hydrogens is 281 g/mol. The molecule has 0 unspecified atom stereocenters. The minimum atomic E-state index is -4.71. The first-order chi connectivity index (χ1) is 9.87. The second kappa shape index (κ2) is 5.75. The van der Waals surface area contributed by atoms with E-state index in [-0.39, 0.29) is 5.75 Å². The van der Waals surface area contributed by atoms with E-state index in [1.807, 2.05) is 19.1 Å². The highest BCUT2D eigenvalue weighted by Crippen LogP contribution is 2.26. The van der Waals surface area contributed by atoms with Crippen LogP contribution in [0.1, 0.15) is 11.1 Å². The molecule has 0 aliphatic rings. The summed E-state index contributed by atoms with van der Waals surface area (Å²) in [4.78, 5) is 0. The van der Waals surface area contributed by atoms with Crippen LogP contribution in [0.15, 0.2) is 42.5 Å². The molecule has 0 heterocycles. The SMILES string of the molecule is Cc1ccc(C#N)c(Nc2ccc(OC(F)(F)F)cc2)c1.